The van der Waals surface area contributed by atoms with Gasteiger partial charge < -0.3 is 0 Å². The molecule has 1 aromatic heterocycles. The van der Waals surface area contributed by atoms with Gasteiger partial charge in [0.1, 0.15) is 0 Å². The number of hydrogen-bond acceptors (Lipinski definition) is 2. The van der Waals surface area contributed by atoms with Crippen LogP contribution in [0.5, 0.6) is 0 Å². The normalized spacial score (nSPS) is 10.1. The van der Waals surface area contributed by atoms with Crippen LogP contribution in [0.1, 0.15) is 5.56 Å². The van der Waals surface area contributed by atoms with Gasteiger partial charge in [0.2, 0.25) is 0 Å². The van der Waals surface area contributed by atoms with Crippen LogP contribution < -0.4 is 0 Å². The molecule has 0 spiro atoms. The summed E-state index contributed by atoms with van der Waals surface area (Å²) in [5, 5.41) is 3.92. The maximum atomic E-state index is 12.9. The van der Waals surface area contributed by atoms with Gasteiger partial charge in [0.25, 0.3) is 0 Å². The molecule has 0 aliphatic heterocycles. The van der Waals surface area contributed by atoms with Crippen LogP contribution in [0.25, 0.3) is 0 Å². The standard InChI is InChI=1S/C10H8BFN3/c11-10(5-15-7-13-6-14-15)8-2-1-3-9(12)4-8/h1-4,6-7H,5H2. The number of halogens is 1. The molecule has 1 heterocycles. The van der Waals surface area contributed by atoms with Crippen LogP contribution in [0.4, 0.5) is 4.39 Å². The van der Waals surface area contributed by atoms with Crippen molar-refractivity contribution in [2.75, 3.05) is 0 Å². The Morgan fingerprint density at radius 1 is 1.47 bits per heavy atom. The summed E-state index contributed by atoms with van der Waals surface area (Å²) >= 11 is 0. The Morgan fingerprint density at radius 3 is 3.00 bits per heavy atom. The zero-order chi connectivity index (χ0) is 10.7. The fourth-order valence-electron chi connectivity index (χ4n) is 1.27. The molecule has 0 atom stereocenters. The van der Waals surface area contributed by atoms with Crippen molar-refractivity contribution < 1.29 is 4.39 Å². The van der Waals surface area contributed by atoms with Crippen molar-refractivity contribution in [3.63, 3.8) is 0 Å². The average molecular weight is 200 g/mol. The van der Waals surface area contributed by atoms with E-state index in [1.54, 1.807) is 23.1 Å². The second-order valence-corrected chi connectivity index (χ2v) is 3.13. The molecule has 5 heteroatoms. The number of aromatic nitrogens is 3. The van der Waals surface area contributed by atoms with Crippen LogP contribution in [0, 0.1) is 5.82 Å². The van der Waals surface area contributed by atoms with Gasteiger partial charge in [-0.1, -0.05) is 0 Å². The van der Waals surface area contributed by atoms with E-state index < -0.39 is 0 Å². The molecular formula is C10H8BFN3. The van der Waals surface area contributed by atoms with E-state index in [1.807, 2.05) is 0 Å². The fraction of sp³-hybridized carbons (Fsp3) is 0.100. The molecule has 73 valence electrons. The second kappa shape index (κ2) is 4.17. The molecule has 2 rings (SSSR count). The molecule has 1 radical (unpaired) electrons. The second-order valence-electron chi connectivity index (χ2n) is 3.13. The monoisotopic (exact) mass is 200 g/mol. The molecule has 15 heavy (non-hydrogen) atoms. The predicted molar refractivity (Wildman–Crippen MR) is 56.3 cm³/mol. The van der Waals surface area contributed by atoms with Crippen molar-refractivity contribution >= 4 is 13.0 Å². The van der Waals surface area contributed by atoms with Gasteiger partial charge in [-0.3, -0.25) is 0 Å². The van der Waals surface area contributed by atoms with E-state index in [0.717, 1.165) is 0 Å². The van der Waals surface area contributed by atoms with Crippen LogP contribution >= 0.6 is 0 Å². The van der Waals surface area contributed by atoms with Gasteiger partial charge in [-0.05, 0) is 0 Å². The fourth-order valence-corrected chi connectivity index (χ4v) is 1.27. The van der Waals surface area contributed by atoms with Crippen LogP contribution in [-0.4, -0.2) is 27.7 Å². The first kappa shape index (κ1) is 9.77. The summed E-state index contributed by atoms with van der Waals surface area (Å²) in [6.45, 7) is 0.406. The molecule has 0 amide bonds. The minimum absolute atomic E-state index is 0.297. The van der Waals surface area contributed by atoms with E-state index in [1.165, 1.54) is 18.5 Å². The van der Waals surface area contributed by atoms with E-state index >= 15 is 0 Å². The van der Waals surface area contributed by atoms with Gasteiger partial charge in [-0.2, -0.15) is 0 Å². The van der Waals surface area contributed by atoms with E-state index in [-0.39, 0.29) is 5.82 Å². The number of benzene rings is 1. The molecule has 2 aromatic rings. The third-order valence-electron chi connectivity index (χ3n) is 1.99. The van der Waals surface area contributed by atoms with E-state index in [2.05, 4.69) is 10.1 Å². The molecule has 1 aromatic carbocycles. The summed E-state index contributed by atoms with van der Waals surface area (Å²) in [4.78, 5) is 3.80. The third-order valence-corrected chi connectivity index (χ3v) is 1.99. The number of nitrogens with zero attached hydrogens (tertiary/aromatic N) is 3. The number of rotatable bonds is 3. The summed E-state index contributed by atoms with van der Waals surface area (Å²) in [6.07, 6.45) is 2.99. The molecule has 0 saturated heterocycles. The Morgan fingerprint density at radius 2 is 2.33 bits per heavy atom. The Labute approximate surface area is 87.7 Å². The molecule has 0 unspecified atom stereocenters. The van der Waals surface area contributed by atoms with E-state index in [9.17, 15) is 4.39 Å². The Kier molecular flexibility index (Phi) is 2.71. The first-order valence-corrected chi connectivity index (χ1v) is 4.45. The summed E-state index contributed by atoms with van der Waals surface area (Å²) in [7, 11) is 5.82. The zero-order valence-corrected chi connectivity index (χ0v) is 7.97. The van der Waals surface area contributed by atoms with Crippen molar-refractivity contribution in [2.45, 2.75) is 6.54 Å². The van der Waals surface area contributed by atoms with Gasteiger partial charge in [0.05, 0.1) is 0 Å². The first-order chi connectivity index (χ1) is 7.25. The predicted octanol–water partition coefficient (Wildman–Crippen LogP) is 0.806. The Hall–Kier alpha value is -1.78. The third kappa shape index (κ3) is 2.37. The summed E-state index contributed by atoms with van der Waals surface area (Å²) in [5.74, 6) is -0.297. The average Bonchev–Trinajstić information content (AvgIpc) is 2.70. The first-order valence-electron chi connectivity index (χ1n) is 4.45. The minimum atomic E-state index is -0.297. The van der Waals surface area contributed by atoms with Crippen LogP contribution in [0.2, 0.25) is 0 Å². The molecule has 0 N–H and O–H groups in total. The Bertz CT molecular complexity index is 467. The molecule has 0 aliphatic carbocycles. The topological polar surface area (TPSA) is 30.7 Å². The maximum absolute atomic E-state index is 12.9. The molecule has 0 aliphatic rings. The summed E-state index contributed by atoms with van der Waals surface area (Å²) in [5.41, 5.74) is 1.23. The summed E-state index contributed by atoms with van der Waals surface area (Å²) < 4.78 is 14.5. The van der Waals surface area contributed by atoms with Crippen molar-refractivity contribution in [3.8, 4) is 0 Å². The summed E-state index contributed by atoms with van der Waals surface area (Å²) in [6, 6.07) is 6.16. The van der Waals surface area contributed by atoms with Crippen LogP contribution in [0.15, 0.2) is 36.9 Å². The van der Waals surface area contributed by atoms with Gasteiger partial charge in [-0.15, -0.1) is 0 Å². The zero-order valence-electron chi connectivity index (χ0n) is 7.97. The van der Waals surface area contributed by atoms with Gasteiger partial charge in [0, 0.05) is 0 Å². The van der Waals surface area contributed by atoms with E-state index in [0.29, 0.717) is 17.6 Å². The van der Waals surface area contributed by atoms with Gasteiger partial charge in [0.15, 0.2) is 0 Å². The molecule has 0 bridgehead atoms. The molecule has 0 fully saturated rings. The van der Waals surface area contributed by atoms with Crippen molar-refractivity contribution in [1.29, 1.82) is 0 Å². The van der Waals surface area contributed by atoms with Crippen LogP contribution in [-0.2, 0) is 6.54 Å². The number of hydrogen-bond donors (Lipinski definition) is 0. The molecular weight excluding hydrogens is 192 g/mol. The quantitative estimate of drug-likeness (QED) is 0.686. The van der Waals surface area contributed by atoms with Gasteiger partial charge in [-0.25, -0.2) is 0 Å². The molecule has 0 saturated carbocycles. The van der Waals surface area contributed by atoms with Crippen molar-refractivity contribution in [3.05, 3.63) is 48.3 Å². The SMILES string of the molecule is [B]=C(Cn1cncn1)c1cccc(F)c1. The van der Waals surface area contributed by atoms with Crippen molar-refractivity contribution in [1.82, 2.24) is 14.8 Å². The van der Waals surface area contributed by atoms with Crippen molar-refractivity contribution in [2.24, 2.45) is 0 Å². The van der Waals surface area contributed by atoms with E-state index in [4.69, 9.17) is 7.49 Å². The molecule has 3 nitrogen and oxygen atoms in total. The van der Waals surface area contributed by atoms with Gasteiger partial charge >= 0.3 is 87.0 Å². The van der Waals surface area contributed by atoms with Crippen LogP contribution in [0.3, 0.4) is 0 Å². The Balaban J connectivity index is 2.15.